The molecule has 1 rings (SSSR count). The summed E-state index contributed by atoms with van der Waals surface area (Å²) in [7, 11) is 0. The summed E-state index contributed by atoms with van der Waals surface area (Å²) in [5.74, 6) is 0.837. The number of halogens is 2. The van der Waals surface area contributed by atoms with E-state index in [1.807, 2.05) is 0 Å². The fourth-order valence-corrected chi connectivity index (χ4v) is 2.14. The number of hydrogen-bond acceptors (Lipinski definition) is 2. The zero-order valence-electron chi connectivity index (χ0n) is 8.93. The van der Waals surface area contributed by atoms with E-state index in [9.17, 15) is 4.79 Å². The molecular weight excluding hydrogens is 265 g/mol. The van der Waals surface area contributed by atoms with Crippen molar-refractivity contribution in [3.05, 3.63) is 28.2 Å². The van der Waals surface area contributed by atoms with Crippen molar-refractivity contribution >= 4 is 45.9 Å². The van der Waals surface area contributed by atoms with Crippen molar-refractivity contribution in [2.24, 2.45) is 0 Å². The van der Waals surface area contributed by atoms with Gasteiger partial charge in [0.2, 0.25) is 0 Å². The lowest BCUT2D eigenvalue weighted by molar-refractivity contribution is 0.270. The second-order valence-corrected chi connectivity index (χ2v) is 5.13. The van der Waals surface area contributed by atoms with Crippen LogP contribution in [0.15, 0.2) is 18.2 Å². The molecule has 1 N–H and O–H groups in total. The number of nitrogens with one attached hydrogen (secondary N) is 1. The molecule has 0 aliphatic heterocycles. The van der Waals surface area contributed by atoms with Crippen molar-refractivity contribution in [3.8, 4) is 0 Å². The van der Waals surface area contributed by atoms with Gasteiger partial charge < -0.3 is 5.32 Å². The minimum absolute atomic E-state index is 0.0631. The van der Waals surface area contributed by atoms with Crippen molar-refractivity contribution in [1.82, 2.24) is 0 Å². The number of benzene rings is 1. The number of thioether (sulfide) groups is 1. The molecule has 16 heavy (non-hydrogen) atoms. The number of hydrogen-bond donors (Lipinski definition) is 1. The Labute approximate surface area is 110 Å². The Bertz CT molecular complexity index is 371. The normalized spacial score (nSPS) is 10.2. The van der Waals surface area contributed by atoms with Crippen molar-refractivity contribution < 1.29 is 4.79 Å². The first-order chi connectivity index (χ1) is 7.63. The van der Waals surface area contributed by atoms with Crippen LogP contribution in [0.3, 0.4) is 0 Å². The van der Waals surface area contributed by atoms with Crippen molar-refractivity contribution in [1.29, 1.82) is 0 Å². The number of carbonyl (C=O) groups excluding carboxylic acids is 1. The minimum atomic E-state index is -0.0631. The zero-order chi connectivity index (χ0) is 12.0. The van der Waals surface area contributed by atoms with E-state index >= 15 is 0 Å². The predicted octanol–water partition coefficient (Wildman–Crippen LogP) is 5.06. The van der Waals surface area contributed by atoms with Crippen LogP contribution < -0.4 is 5.32 Å². The number of unbranched alkanes of at least 4 members (excludes halogenated alkanes) is 1. The lowest BCUT2D eigenvalue weighted by Crippen LogP contribution is -2.05. The lowest BCUT2D eigenvalue weighted by Gasteiger charge is -2.05. The van der Waals surface area contributed by atoms with Crippen LogP contribution in [-0.4, -0.2) is 11.0 Å². The maximum Gasteiger partial charge on any atom is 0.283 e. The highest BCUT2D eigenvalue weighted by atomic mass is 35.5. The topological polar surface area (TPSA) is 29.1 Å². The third kappa shape index (κ3) is 4.64. The van der Waals surface area contributed by atoms with Gasteiger partial charge in [0.1, 0.15) is 0 Å². The highest BCUT2D eigenvalue weighted by molar-refractivity contribution is 8.13. The van der Waals surface area contributed by atoms with Gasteiger partial charge in [-0.05, 0) is 24.6 Å². The van der Waals surface area contributed by atoms with Gasteiger partial charge in [0.25, 0.3) is 5.24 Å². The van der Waals surface area contributed by atoms with E-state index in [-0.39, 0.29) is 5.24 Å². The SMILES string of the molecule is CCCCSC(=O)Nc1ccc(Cl)c(Cl)c1. The first kappa shape index (κ1) is 13.7. The Balaban J connectivity index is 2.46. The fourth-order valence-electron chi connectivity index (χ4n) is 1.04. The molecule has 0 aliphatic rings. The average molecular weight is 278 g/mol. The molecular formula is C11H13Cl2NOS. The van der Waals surface area contributed by atoms with Gasteiger partial charge in [-0.3, -0.25) is 4.79 Å². The Hall–Kier alpha value is -0.380. The summed E-state index contributed by atoms with van der Waals surface area (Å²) in [6.07, 6.45) is 2.13. The number of carbonyl (C=O) groups is 1. The number of anilines is 1. The third-order valence-corrected chi connectivity index (χ3v) is 3.49. The van der Waals surface area contributed by atoms with Crippen LogP contribution in [0.4, 0.5) is 10.5 Å². The van der Waals surface area contributed by atoms with Gasteiger partial charge in [-0.15, -0.1) is 0 Å². The Morgan fingerprint density at radius 3 is 2.75 bits per heavy atom. The van der Waals surface area contributed by atoms with Crippen LogP contribution in [0.25, 0.3) is 0 Å². The molecule has 0 saturated heterocycles. The smallest absolute Gasteiger partial charge is 0.283 e. The molecule has 0 unspecified atom stereocenters. The van der Waals surface area contributed by atoms with Gasteiger partial charge in [0, 0.05) is 11.4 Å². The molecule has 5 heteroatoms. The standard InChI is InChI=1S/C11H13Cl2NOS/c1-2-3-6-16-11(15)14-8-4-5-9(12)10(13)7-8/h4-5,7H,2-3,6H2,1H3,(H,14,15). The van der Waals surface area contributed by atoms with Crippen molar-refractivity contribution in [3.63, 3.8) is 0 Å². The Morgan fingerprint density at radius 2 is 2.12 bits per heavy atom. The van der Waals surface area contributed by atoms with E-state index in [0.717, 1.165) is 18.6 Å². The molecule has 0 spiro atoms. The molecule has 1 amide bonds. The summed E-state index contributed by atoms with van der Waals surface area (Å²) in [5.41, 5.74) is 0.670. The molecule has 2 nitrogen and oxygen atoms in total. The first-order valence-corrected chi connectivity index (χ1v) is 6.76. The van der Waals surface area contributed by atoms with E-state index in [1.165, 1.54) is 11.8 Å². The summed E-state index contributed by atoms with van der Waals surface area (Å²) in [6, 6.07) is 5.03. The largest absolute Gasteiger partial charge is 0.317 e. The second-order valence-electron chi connectivity index (χ2n) is 3.24. The molecule has 0 heterocycles. The first-order valence-electron chi connectivity index (χ1n) is 5.02. The molecule has 1 aromatic carbocycles. The van der Waals surface area contributed by atoms with Crippen LogP contribution in [-0.2, 0) is 0 Å². The minimum Gasteiger partial charge on any atom is -0.317 e. The van der Waals surface area contributed by atoms with E-state index in [0.29, 0.717) is 15.7 Å². The highest BCUT2D eigenvalue weighted by Crippen LogP contribution is 2.25. The fraction of sp³-hybridized carbons (Fsp3) is 0.364. The summed E-state index contributed by atoms with van der Waals surface area (Å²) >= 11 is 12.9. The Morgan fingerprint density at radius 1 is 1.38 bits per heavy atom. The summed E-state index contributed by atoms with van der Waals surface area (Å²) < 4.78 is 0. The summed E-state index contributed by atoms with van der Waals surface area (Å²) in [6.45, 7) is 2.09. The molecule has 0 bridgehead atoms. The van der Waals surface area contributed by atoms with Gasteiger partial charge in [0.05, 0.1) is 10.0 Å². The number of rotatable bonds is 4. The van der Waals surface area contributed by atoms with Crippen LogP contribution in [0.2, 0.25) is 10.0 Å². The molecule has 0 radical (unpaired) electrons. The maximum atomic E-state index is 11.5. The van der Waals surface area contributed by atoms with E-state index in [2.05, 4.69) is 12.2 Å². The quantitative estimate of drug-likeness (QED) is 0.780. The van der Waals surface area contributed by atoms with Crippen LogP contribution in [0.5, 0.6) is 0 Å². The van der Waals surface area contributed by atoms with Gasteiger partial charge in [-0.2, -0.15) is 0 Å². The highest BCUT2D eigenvalue weighted by Gasteiger charge is 2.04. The molecule has 0 saturated carbocycles. The van der Waals surface area contributed by atoms with Gasteiger partial charge in [0.15, 0.2) is 0 Å². The summed E-state index contributed by atoms with van der Waals surface area (Å²) in [4.78, 5) is 11.5. The van der Waals surface area contributed by atoms with E-state index in [1.54, 1.807) is 18.2 Å². The average Bonchev–Trinajstić information content (AvgIpc) is 2.24. The van der Waals surface area contributed by atoms with Crippen LogP contribution in [0.1, 0.15) is 19.8 Å². The van der Waals surface area contributed by atoms with Gasteiger partial charge in [-0.1, -0.05) is 48.3 Å². The van der Waals surface area contributed by atoms with Crippen molar-refractivity contribution in [2.45, 2.75) is 19.8 Å². The second kappa shape index (κ2) is 7.05. The molecule has 88 valence electrons. The monoisotopic (exact) mass is 277 g/mol. The van der Waals surface area contributed by atoms with Gasteiger partial charge in [-0.25, -0.2) is 0 Å². The van der Waals surface area contributed by atoms with Crippen LogP contribution >= 0.6 is 35.0 Å². The van der Waals surface area contributed by atoms with Crippen LogP contribution in [0, 0.1) is 0 Å². The molecule has 0 fully saturated rings. The zero-order valence-corrected chi connectivity index (χ0v) is 11.3. The molecule has 0 aromatic heterocycles. The van der Waals surface area contributed by atoms with E-state index < -0.39 is 0 Å². The molecule has 1 aromatic rings. The molecule has 0 atom stereocenters. The predicted molar refractivity (Wildman–Crippen MR) is 72.8 cm³/mol. The van der Waals surface area contributed by atoms with E-state index in [4.69, 9.17) is 23.2 Å². The lowest BCUT2D eigenvalue weighted by atomic mass is 10.3. The van der Waals surface area contributed by atoms with Gasteiger partial charge >= 0.3 is 0 Å². The third-order valence-electron chi connectivity index (χ3n) is 1.90. The maximum absolute atomic E-state index is 11.5. The number of amides is 1. The summed E-state index contributed by atoms with van der Waals surface area (Å²) in [5, 5.41) is 3.61. The van der Waals surface area contributed by atoms with Crippen molar-refractivity contribution in [2.75, 3.05) is 11.1 Å². The Kier molecular flexibility index (Phi) is 6.03. The molecule has 0 aliphatic carbocycles.